The van der Waals surface area contributed by atoms with Crippen molar-refractivity contribution < 1.29 is 4.79 Å². The number of carbonyl (C=O) groups excluding carboxylic acids is 1. The molecular formula is C18H28O. The van der Waals surface area contributed by atoms with Crippen LogP contribution in [0.15, 0.2) is 34.9 Å². The second kappa shape index (κ2) is 8.14. The van der Waals surface area contributed by atoms with Crippen LogP contribution in [0.1, 0.15) is 59.8 Å². The predicted molar refractivity (Wildman–Crippen MR) is 83.1 cm³/mol. The summed E-state index contributed by atoms with van der Waals surface area (Å²) < 4.78 is 0. The molecule has 1 heteroatoms. The van der Waals surface area contributed by atoms with Gasteiger partial charge in [0.2, 0.25) is 0 Å². The van der Waals surface area contributed by atoms with Crippen molar-refractivity contribution in [3.8, 4) is 0 Å². The lowest BCUT2D eigenvalue weighted by Gasteiger charge is -2.26. The Morgan fingerprint density at radius 3 is 2.68 bits per heavy atom. The molecule has 2 atom stereocenters. The lowest BCUT2D eigenvalue weighted by atomic mass is 9.77. The predicted octanol–water partition coefficient (Wildman–Crippen LogP) is 5.24. The van der Waals surface area contributed by atoms with Crippen molar-refractivity contribution in [1.29, 1.82) is 0 Å². The average molecular weight is 260 g/mol. The van der Waals surface area contributed by atoms with Crippen LogP contribution >= 0.6 is 0 Å². The Morgan fingerprint density at radius 1 is 1.32 bits per heavy atom. The van der Waals surface area contributed by atoms with Gasteiger partial charge in [0, 0.05) is 5.92 Å². The third-order valence-electron chi connectivity index (χ3n) is 4.05. The first-order chi connectivity index (χ1) is 9.04. The van der Waals surface area contributed by atoms with Gasteiger partial charge < -0.3 is 4.79 Å². The van der Waals surface area contributed by atoms with Crippen molar-refractivity contribution in [3.05, 3.63) is 34.9 Å². The normalized spacial score (nSPS) is 23.8. The van der Waals surface area contributed by atoms with Gasteiger partial charge in [-0.2, -0.15) is 0 Å². The molecular weight excluding hydrogens is 232 g/mol. The van der Waals surface area contributed by atoms with Crippen LogP contribution in [0.2, 0.25) is 0 Å². The van der Waals surface area contributed by atoms with Crippen LogP contribution in [0.5, 0.6) is 0 Å². The van der Waals surface area contributed by atoms with E-state index in [0.717, 1.165) is 38.4 Å². The number of hydrogen-bond acceptors (Lipinski definition) is 1. The first-order valence-electron chi connectivity index (χ1n) is 7.45. The van der Waals surface area contributed by atoms with Gasteiger partial charge in [-0.3, -0.25) is 0 Å². The Labute approximate surface area is 118 Å². The van der Waals surface area contributed by atoms with E-state index < -0.39 is 0 Å². The molecule has 0 radical (unpaired) electrons. The molecule has 0 heterocycles. The lowest BCUT2D eigenvalue weighted by Crippen LogP contribution is -2.20. The Bertz CT molecular complexity index is 380. The van der Waals surface area contributed by atoms with Crippen molar-refractivity contribution >= 4 is 6.29 Å². The second-order valence-corrected chi connectivity index (χ2v) is 6.04. The van der Waals surface area contributed by atoms with Gasteiger partial charge in [0.1, 0.15) is 6.29 Å². The zero-order valence-corrected chi connectivity index (χ0v) is 12.9. The van der Waals surface area contributed by atoms with Gasteiger partial charge in [0.25, 0.3) is 0 Å². The van der Waals surface area contributed by atoms with E-state index in [2.05, 4.69) is 45.9 Å². The minimum absolute atomic E-state index is 0.229. The first kappa shape index (κ1) is 15.9. The van der Waals surface area contributed by atoms with E-state index in [1.807, 2.05) is 0 Å². The molecule has 0 fully saturated rings. The van der Waals surface area contributed by atoms with E-state index in [4.69, 9.17) is 0 Å². The zero-order valence-electron chi connectivity index (χ0n) is 12.9. The molecule has 0 saturated carbocycles. The van der Waals surface area contributed by atoms with Crippen molar-refractivity contribution in [1.82, 2.24) is 0 Å². The number of hydrogen-bond donors (Lipinski definition) is 0. The van der Waals surface area contributed by atoms with Gasteiger partial charge in [-0.05, 0) is 65.7 Å². The number of carbonyl (C=O) groups is 1. The first-order valence-corrected chi connectivity index (χ1v) is 7.45. The van der Waals surface area contributed by atoms with Crippen LogP contribution in [0.3, 0.4) is 0 Å². The molecule has 1 aliphatic rings. The maximum absolute atomic E-state index is 11.2. The van der Waals surface area contributed by atoms with Crippen LogP contribution in [-0.2, 0) is 4.79 Å². The molecule has 0 saturated heterocycles. The van der Waals surface area contributed by atoms with E-state index >= 15 is 0 Å². The molecule has 0 N–H and O–H groups in total. The quantitative estimate of drug-likeness (QED) is 0.471. The van der Waals surface area contributed by atoms with Crippen LogP contribution in [0.4, 0.5) is 0 Å². The fourth-order valence-electron chi connectivity index (χ4n) is 2.74. The minimum atomic E-state index is 0.229. The van der Waals surface area contributed by atoms with E-state index in [9.17, 15) is 4.79 Å². The number of rotatable bonds is 6. The highest BCUT2D eigenvalue weighted by Crippen LogP contribution is 2.32. The fraction of sp³-hybridized carbons (Fsp3) is 0.611. The van der Waals surface area contributed by atoms with Crippen LogP contribution in [0.25, 0.3) is 0 Å². The van der Waals surface area contributed by atoms with Gasteiger partial charge in [-0.25, -0.2) is 0 Å². The number of allylic oxidation sites excluding steroid dienone is 6. The summed E-state index contributed by atoms with van der Waals surface area (Å²) >= 11 is 0. The lowest BCUT2D eigenvalue weighted by molar-refractivity contribution is -0.112. The Balaban J connectivity index is 2.52. The molecule has 19 heavy (non-hydrogen) atoms. The summed E-state index contributed by atoms with van der Waals surface area (Å²) in [5, 5.41) is 0. The minimum Gasteiger partial charge on any atom is -0.303 e. The topological polar surface area (TPSA) is 17.1 Å². The third kappa shape index (κ3) is 5.59. The van der Waals surface area contributed by atoms with Crippen LogP contribution in [0, 0.1) is 11.8 Å². The molecule has 1 rings (SSSR count). The molecule has 0 aromatic carbocycles. The summed E-state index contributed by atoms with van der Waals surface area (Å²) in [6.07, 6.45) is 13.5. The molecule has 1 nitrogen and oxygen atoms in total. The van der Waals surface area contributed by atoms with E-state index in [0.29, 0.717) is 5.92 Å². The van der Waals surface area contributed by atoms with Gasteiger partial charge in [-0.1, -0.05) is 34.9 Å². The largest absolute Gasteiger partial charge is 0.303 e. The van der Waals surface area contributed by atoms with Crippen molar-refractivity contribution in [3.63, 3.8) is 0 Å². The van der Waals surface area contributed by atoms with E-state index in [-0.39, 0.29) is 5.92 Å². The maximum atomic E-state index is 11.2. The standard InChI is InChI=1S/C18H28O/c1-14(2)7-5-8-15(3)11-12-18-16(4)9-6-10-17(18)13-19/h7,9,11,13,17-18H,5-6,8,10,12H2,1-4H3/b15-11+. The SMILES string of the molecule is CC(C)=CCC/C(C)=C/CC1C(C)=CCCC1C=O. The zero-order chi connectivity index (χ0) is 14.3. The Hall–Kier alpha value is -1.11. The highest BCUT2D eigenvalue weighted by Gasteiger charge is 2.24. The van der Waals surface area contributed by atoms with E-state index in [1.54, 1.807) is 0 Å². The summed E-state index contributed by atoms with van der Waals surface area (Å²) in [6, 6.07) is 0. The summed E-state index contributed by atoms with van der Waals surface area (Å²) in [7, 11) is 0. The molecule has 1 aliphatic carbocycles. The molecule has 0 bridgehead atoms. The smallest absolute Gasteiger partial charge is 0.123 e. The summed E-state index contributed by atoms with van der Waals surface area (Å²) in [5.41, 5.74) is 4.23. The molecule has 106 valence electrons. The number of aldehydes is 1. The van der Waals surface area contributed by atoms with Crippen molar-refractivity contribution in [2.24, 2.45) is 11.8 Å². The van der Waals surface area contributed by atoms with Gasteiger partial charge in [0.05, 0.1) is 0 Å². The fourth-order valence-corrected chi connectivity index (χ4v) is 2.74. The highest BCUT2D eigenvalue weighted by molar-refractivity contribution is 5.55. The molecule has 0 aromatic heterocycles. The van der Waals surface area contributed by atoms with Gasteiger partial charge in [0.15, 0.2) is 0 Å². The van der Waals surface area contributed by atoms with E-state index in [1.165, 1.54) is 16.7 Å². The summed E-state index contributed by atoms with van der Waals surface area (Å²) in [5.74, 6) is 0.663. The Kier molecular flexibility index (Phi) is 6.83. The molecule has 0 aliphatic heterocycles. The van der Waals surface area contributed by atoms with Crippen molar-refractivity contribution in [2.45, 2.75) is 59.8 Å². The van der Waals surface area contributed by atoms with Crippen molar-refractivity contribution in [2.75, 3.05) is 0 Å². The maximum Gasteiger partial charge on any atom is 0.123 e. The molecule has 0 spiro atoms. The van der Waals surface area contributed by atoms with Crippen LogP contribution in [-0.4, -0.2) is 6.29 Å². The molecule has 0 aromatic rings. The molecule has 2 unspecified atom stereocenters. The van der Waals surface area contributed by atoms with Gasteiger partial charge >= 0.3 is 0 Å². The van der Waals surface area contributed by atoms with Gasteiger partial charge in [-0.15, -0.1) is 0 Å². The molecule has 0 amide bonds. The summed E-state index contributed by atoms with van der Waals surface area (Å²) in [4.78, 5) is 11.2. The highest BCUT2D eigenvalue weighted by atomic mass is 16.1. The monoisotopic (exact) mass is 260 g/mol. The summed E-state index contributed by atoms with van der Waals surface area (Å²) in [6.45, 7) is 8.66. The Morgan fingerprint density at radius 2 is 2.05 bits per heavy atom. The average Bonchev–Trinajstić information content (AvgIpc) is 2.36. The second-order valence-electron chi connectivity index (χ2n) is 6.04. The van der Waals surface area contributed by atoms with Crippen LogP contribution < -0.4 is 0 Å². The third-order valence-corrected chi connectivity index (χ3v) is 4.05.